The van der Waals surface area contributed by atoms with Gasteiger partial charge in [-0.1, -0.05) is 43.5 Å². The summed E-state index contributed by atoms with van der Waals surface area (Å²) >= 11 is 0. The number of fused-ring (bicyclic) bond motifs is 1. The molecule has 2 fully saturated rings. The molecule has 1 saturated carbocycles. The van der Waals surface area contributed by atoms with Crippen molar-refractivity contribution in [3.8, 4) is 0 Å². The molecule has 4 rings (SSSR count). The van der Waals surface area contributed by atoms with E-state index in [2.05, 4.69) is 15.7 Å². The fourth-order valence-corrected chi connectivity index (χ4v) is 6.09. The predicted octanol–water partition coefficient (Wildman–Crippen LogP) is 2.93. The Balaban J connectivity index is 1.51. The lowest BCUT2D eigenvalue weighted by molar-refractivity contribution is -0.0348. The molecule has 1 heterocycles. The number of nitrogens with zero attached hydrogens (tertiary/aromatic N) is 1. The monoisotopic (exact) mass is 390 g/mol. The van der Waals surface area contributed by atoms with Crippen LogP contribution in [0.15, 0.2) is 29.2 Å². The molecule has 1 aromatic rings. The molecule has 0 radical (unpaired) electrons. The first-order chi connectivity index (χ1) is 13.1. The fourth-order valence-electron chi connectivity index (χ4n) is 4.79. The molecule has 1 N–H and O–H groups in total. The summed E-state index contributed by atoms with van der Waals surface area (Å²) in [6.45, 7) is 3.80. The van der Waals surface area contributed by atoms with Gasteiger partial charge >= 0.3 is 0 Å². The predicted molar refractivity (Wildman–Crippen MR) is 108 cm³/mol. The Labute approximate surface area is 162 Å². The van der Waals surface area contributed by atoms with Gasteiger partial charge in [0.05, 0.1) is 18.1 Å². The number of benzene rings is 1. The van der Waals surface area contributed by atoms with E-state index >= 15 is 0 Å². The minimum Gasteiger partial charge on any atom is -0.379 e. The van der Waals surface area contributed by atoms with Gasteiger partial charge in [0.25, 0.3) is 0 Å². The van der Waals surface area contributed by atoms with Crippen molar-refractivity contribution in [1.82, 2.24) is 9.62 Å². The summed E-state index contributed by atoms with van der Waals surface area (Å²) in [5, 5.41) is 0. The Kier molecular flexibility index (Phi) is 5.69. The van der Waals surface area contributed by atoms with E-state index in [9.17, 15) is 8.42 Å². The Morgan fingerprint density at radius 2 is 1.78 bits per heavy atom. The van der Waals surface area contributed by atoms with Crippen LogP contribution in [0.1, 0.15) is 49.7 Å². The van der Waals surface area contributed by atoms with Gasteiger partial charge in [-0.15, -0.1) is 0 Å². The van der Waals surface area contributed by atoms with Crippen LogP contribution in [0.2, 0.25) is 0 Å². The topological polar surface area (TPSA) is 58.6 Å². The highest BCUT2D eigenvalue weighted by Crippen LogP contribution is 2.34. The van der Waals surface area contributed by atoms with Gasteiger partial charge < -0.3 is 4.74 Å². The Morgan fingerprint density at radius 3 is 2.56 bits per heavy atom. The summed E-state index contributed by atoms with van der Waals surface area (Å²) < 4.78 is 34.6. The molecular weight excluding hydrogens is 360 g/mol. The maximum Gasteiger partial charge on any atom is 0.236 e. The van der Waals surface area contributed by atoms with Crippen LogP contribution in [0.3, 0.4) is 0 Å². The summed E-state index contributed by atoms with van der Waals surface area (Å²) in [4.78, 5) is 3.00. The highest BCUT2D eigenvalue weighted by Gasteiger charge is 2.39. The van der Waals surface area contributed by atoms with Crippen LogP contribution in [0.4, 0.5) is 0 Å². The standard InChI is InChI=1S/C21H30N2O3S/c24-27(25,20-9-8-18-6-2-3-7-19(18)16-20)22-17-21(10-4-1-5-11-21)23-12-14-26-15-13-23/h2-3,6-7,16,22H,1,4-5,8-15,17H2. The summed E-state index contributed by atoms with van der Waals surface area (Å²) in [6, 6.07) is 8.06. The van der Waals surface area contributed by atoms with E-state index in [0.29, 0.717) is 17.9 Å². The van der Waals surface area contributed by atoms with Gasteiger partial charge in [-0.2, -0.15) is 0 Å². The molecule has 1 aliphatic heterocycles. The highest BCUT2D eigenvalue weighted by atomic mass is 32.2. The number of hydrogen-bond acceptors (Lipinski definition) is 4. The summed E-state index contributed by atoms with van der Waals surface area (Å²) in [7, 11) is -3.45. The summed E-state index contributed by atoms with van der Waals surface area (Å²) in [5.74, 6) is 0. The van der Waals surface area contributed by atoms with Crippen molar-refractivity contribution in [2.45, 2.75) is 50.5 Å². The third-order valence-corrected chi connectivity index (χ3v) is 7.95. The first-order valence-electron chi connectivity index (χ1n) is 10.2. The average molecular weight is 391 g/mol. The van der Waals surface area contributed by atoms with Crippen molar-refractivity contribution in [1.29, 1.82) is 0 Å². The van der Waals surface area contributed by atoms with Crippen LogP contribution < -0.4 is 4.72 Å². The van der Waals surface area contributed by atoms with Gasteiger partial charge in [0.15, 0.2) is 0 Å². The molecule has 3 aliphatic rings. The first kappa shape index (κ1) is 19.1. The van der Waals surface area contributed by atoms with E-state index in [1.807, 2.05) is 24.3 Å². The molecule has 5 nitrogen and oxygen atoms in total. The molecule has 0 aromatic heterocycles. The van der Waals surface area contributed by atoms with Crippen molar-refractivity contribution in [3.05, 3.63) is 40.3 Å². The van der Waals surface area contributed by atoms with Gasteiger partial charge in [-0.25, -0.2) is 13.1 Å². The van der Waals surface area contributed by atoms with Gasteiger partial charge in [0, 0.05) is 25.2 Å². The van der Waals surface area contributed by atoms with Crippen molar-refractivity contribution < 1.29 is 13.2 Å². The Bertz CT molecular complexity index is 791. The van der Waals surface area contributed by atoms with Gasteiger partial charge in [0.2, 0.25) is 10.0 Å². The maximum absolute atomic E-state index is 13.0. The molecule has 0 bridgehead atoms. The zero-order valence-corrected chi connectivity index (χ0v) is 16.8. The molecule has 0 unspecified atom stereocenters. The number of aryl methyl sites for hydroxylation is 1. The lowest BCUT2D eigenvalue weighted by atomic mass is 9.80. The van der Waals surface area contributed by atoms with E-state index < -0.39 is 10.0 Å². The third-order valence-electron chi connectivity index (χ3n) is 6.41. The summed E-state index contributed by atoms with van der Waals surface area (Å²) in [5.41, 5.74) is 2.21. The largest absolute Gasteiger partial charge is 0.379 e. The molecule has 1 aromatic carbocycles. The lowest BCUT2D eigenvalue weighted by Gasteiger charge is -2.48. The first-order valence-corrected chi connectivity index (χ1v) is 11.7. The molecule has 1 saturated heterocycles. The van der Waals surface area contributed by atoms with Crippen LogP contribution in [-0.2, 0) is 21.2 Å². The highest BCUT2D eigenvalue weighted by molar-refractivity contribution is 7.93. The minimum atomic E-state index is -3.45. The number of nitrogens with one attached hydrogen (secondary N) is 1. The Morgan fingerprint density at radius 1 is 1.04 bits per heavy atom. The number of rotatable bonds is 5. The quantitative estimate of drug-likeness (QED) is 0.840. The lowest BCUT2D eigenvalue weighted by Crippen LogP contribution is -2.59. The van der Waals surface area contributed by atoms with Crippen LogP contribution in [0.25, 0.3) is 6.08 Å². The number of sulfonamides is 1. The number of allylic oxidation sites excluding steroid dienone is 1. The van der Waals surface area contributed by atoms with Crippen LogP contribution in [0, 0.1) is 0 Å². The number of morpholine rings is 1. The normalized spacial score (nSPS) is 23.5. The van der Waals surface area contributed by atoms with E-state index in [-0.39, 0.29) is 5.54 Å². The van der Waals surface area contributed by atoms with Gasteiger partial charge in [-0.3, -0.25) is 4.90 Å². The molecule has 0 atom stereocenters. The molecule has 6 heteroatoms. The van der Waals surface area contributed by atoms with Crippen LogP contribution in [0.5, 0.6) is 0 Å². The molecule has 148 valence electrons. The molecule has 2 aliphatic carbocycles. The molecular formula is C21H30N2O3S. The third kappa shape index (κ3) is 4.14. The van der Waals surface area contributed by atoms with Crippen LogP contribution in [-0.4, -0.2) is 51.7 Å². The van der Waals surface area contributed by atoms with E-state index in [4.69, 9.17) is 4.74 Å². The molecule has 0 amide bonds. The van der Waals surface area contributed by atoms with Gasteiger partial charge in [0.1, 0.15) is 0 Å². The molecule has 27 heavy (non-hydrogen) atoms. The summed E-state index contributed by atoms with van der Waals surface area (Å²) in [6.07, 6.45) is 8.96. The SMILES string of the molecule is O=S(=O)(NCC1(N2CCOCC2)CCCCC1)C1=Cc2ccccc2CC1. The van der Waals surface area contributed by atoms with Crippen LogP contribution >= 0.6 is 0 Å². The maximum atomic E-state index is 13.0. The zero-order valence-electron chi connectivity index (χ0n) is 16.0. The fraction of sp³-hybridized carbons (Fsp3) is 0.619. The Hall–Kier alpha value is -1.21. The smallest absolute Gasteiger partial charge is 0.236 e. The van der Waals surface area contributed by atoms with Crippen molar-refractivity contribution in [2.75, 3.05) is 32.8 Å². The van der Waals surface area contributed by atoms with Crippen molar-refractivity contribution >= 4 is 16.1 Å². The van der Waals surface area contributed by atoms with E-state index in [1.165, 1.54) is 24.8 Å². The van der Waals surface area contributed by atoms with Gasteiger partial charge in [-0.05, 0) is 42.9 Å². The number of hydrogen-bond donors (Lipinski definition) is 1. The second kappa shape index (κ2) is 8.03. The zero-order chi connectivity index (χ0) is 18.7. The minimum absolute atomic E-state index is 0.0533. The molecule has 0 spiro atoms. The van der Waals surface area contributed by atoms with E-state index in [1.54, 1.807) is 0 Å². The second-order valence-corrected chi connectivity index (χ2v) is 9.84. The van der Waals surface area contributed by atoms with Crippen molar-refractivity contribution in [3.63, 3.8) is 0 Å². The second-order valence-electron chi connectivity index (χ2n) is 8.02. The van der Waals surface area contributed by atoms with Crippen molar-refractivity contribution in [2.24, 2.45) is 0 Å². The average Bonchev–Trinajstić information content (AvgIpc) is 2.73. The number of ether oxygens (including phenoxy) is 1. The van der Waals surface area contributed by atoms with E-state index in [0.717, 1.165) is 51.1 Å².